The highest BCUT2D eigenvalue weighted by atomic mass is 127. The molecule has 1 heterocycles. The van der Waals surface area contributed by atoms with E-state index >= 15 is 0 Å². The lowest BCUT2D eigenvalue weighted by atomic mass is 10.1. The molecule has 0 atom stereocenters. The van der Waals surface area contributed by atoms with Crippen molar-refractivity contribution in [2.75, 3.05) is 23.3 Å². The fourth-order valence-corrected chi connectivity index (χ4v) is 3.75. The van der Waals surface area contributed by atoms with Gasteiger partial charge in [0, 0.05) is 22.2 Å². The van der Waals surface area contributed by atoms with Gasteiger partial charge in [0.15, 0.2) is 5.11 Å². The van der Waals surface area contributed by atoms with Gasteiger partial charge >= 0.3 is 6.18 Å². The van der Waals surface area contributed by atoms with Gasteiger partial charge in [0.1, 0.15) is 0 Å². The van der Waals surface area contributed by atoms with Gasteiger partial charge in [-0.05, 0) is 84.0 Å². The van der Waals surface area contributed by atoms with E-state index in [4.69, 9.17) is 12.2 Å². The van der Waals surface area contributed by atoms with E-state index in [1.807, 2.05) is 11.0 Å². The molecular weight excluding hydrogens is 502 g/mol. The number of alkyl halides is 3. The Morgan fingerprint density at radius 3 is 2.46 bits per heavy atom. The van der Waals surface area contributed by atoms with Gasteiger partial charge in [0.25, 0.3) is 5.91 Å². The van der Waals surface area contributed by atoms with Crippen LogP contribution in [0.5, 0.6) is 0 Å². The molecule has 1 saturated heterocycles. The highest BCUT2D eigenvalue weighted by Crippen LogP contribution is 2.36. The number of rotatable bonds is 3. The van der Waals surface area contributed by atoms with Crippen LogP contribution in [-0.2, 0) is 6.18 Å². The van der Waals surface area contributed by atoms with Gasteiger partial charge in [-0.3, -0.25) is 10.1 Å². The predicted octanol–water partition coefficient (Wildman–Crippen LogP) is 5.04. The second-order valence-electron chi connectivity index (χ2n) is 6.34. The Labute approximate surface area is 179 Å². The van der Waals surface area contributed by atoms with Crippen molar-refractivity contribution in [2.24, 2.45) is 0 Å². The smallest absolute Gasteiger partial charge is 0.370 e. The molecule has 148 valence electrons. The lowest BCUT2D eigenvalue weighted by molar-refractivity contribution is -0.137. The van der Waals surface area contributed by atoms with Crippen LogP contribution in [0.4, 0.5) is 24.5 Å². The standard InChI is InChI=1S/C19H17F3IN3OS/c20-19(21,22)13-6-7-16(26-8-1-2-9-26)15(11-13)24-18(28)25-17(27)12-4-3-5-14(23)10-12/h3-7,10-11H,1-2,8-9H2,(H2,24,25,27,28). The van der Waals surface area contributed by atoms with Crippen LogP contribution in [0.25, 0.3) is 0 Å². The molecule has 0 unspecified atom stereocenters. The lowest BCUT2D eigenvalue weighted by Crippen LogP contribution is -2.34. The van der Waals surface area contributed by atoms with E-state index in [1.165, 1.54) is 6.07 Å². The number of carbonyl (C=O) groups is 1. The Morgan fingerprint density at radius 1 is 1.11 bits per heavy atom. The topological polar surface area (TPSA) is 44.4 Å². The van der Waals surface area contributed by atoms with Crippen LogP contribution in [-0.4, -0.2) is 24.1 Å². The average Bonchev–Trinajstić information content (AvgIpc) is 3.15. The minimum atomic E-state index is -4.47. The Balaban J connectivity index is 1.80. The molecule has 2 aromatic rings. The summed E-state index contributed by atoms with van der Waals surface area (Å²) in [4.78, 5) is 14.3. The maximum atomic E-state index is 13.1. The van der Waals surface area contributed by atoms with Gasteiger partial charge in [-0.2, -0.15) is 13.2 Å². The summed E-state index contributed by atoms with van der Waals surface area (Å²) >= 11 is 7.26. The third-order valence-electron chi connectivity index (χ3n) is 4.33. The van der Waals surface area contributed by atoms with Crippen molar-refractivity contribution in [2.45, 2.75) is 19.0 Å². The summed E-state index contributed by atoms with van der Waals surface area (Å²) < 4.78 is 40.3. The number of thiocarbonyl (C=S) groups is 1. The minimum absolute atomic E-state index is 0.0522. The van der Waals surface area contributed by atoms with Crippen molar-refractivity contribution in [3.05, 3.63) is 57.2 Å². The summed E-state index contributed by atoms with van der Waals surface area (Å²) in [6.45, 7) is 1.53. The zero-order valence-electron chi connectivity index (χ0n) is 14.6. The fraction of sp³-hybridized carbons (Fsp3) is 0.263. The minimum Gasteiger partial charge on any atom is -0.370 e. The molecule has 1 aliphatic rings. The number of nitrogens with one attached hydrogen (secondary N) is 2. The van der Waals surface area contributed by atoms with Crippen molar-refractivity contribution in [1.82, 2.24) is 5.32 Å². The van der Waals surface area contributed by atoms with E-state index in [9.17, 15) is 18.0 Å². The second-order valence-corrected chi connectivity index (χ2v) is 8.00. The van der Waals surface area contributed by atoms with Gasteiger partial charge in [-0.15, -0.1) is 0 Å². The lowest BCUT2D eigenvalue weighted by Gasteiger charge is -2.23. The molecule has 4 nitrogen and oxygen atoms in total. The zero-order valence-corrected chi connectivity index (χ0v) is 17.6. The fourth-order valence-electron chi connectivity index (χ4n) is 3.00. The van der Waals surface area contributed by atoms with Crippen molar-refractivity contribution in [3.63, 3.8) is 0 Å². The van der Waals surface area contributed by atoms with Gasteiger partial charge < -0.3 is 10.2 Å². The number of benzene rings is 2. The molecule has 9 heteroatoms. The van der Waals surface area contributed by atoms with Gasteiger partial charge in [-0.25, -0.2) is 0 Å². The number of anilines is 2. The number of hydrogen-bond donors (Lipinski definition) is 2. The molecule has 1 amide bonds. The van der Waals surface area contributed by atoms with Gasteiger partial charge in [0.05, 0.1) is 16.9 Å². The Morgan fingerprint density at radius 2 is 1.82 bits per heavy atom. The highest BCUT2D eigenvalue weighted by Gasteiger charge is 2.32. The van der Waals surface area contributed by atoms with E-state index in [-0.39, 0.29) is 10.8 Å². The summed E-state index contributed by atoms with van der Waals surface area (Å²) in [5.74, 6) is -0.425. The van der Waals surface area contributed by atoms with Crippen LogP contribution in [0, 0.1) is 3.57 Å². The molecule has 28 heavy (non-hydrogen) atoms. The van der Waals surface area contributed by atoms with Crippen molar-refractivity contribution >= 4 is 57.2 Å². The molecule has 0 saturated carbocycles. The number of hydrogen-bond acceptors (Lipinski definition) is 3. The quantitative estimate of drug-likeness (QED) is 0.441. The maximum Gasteiger partial charge on any atom is 0.416 e. The number of halogens is 4. The SMILES string of the molecule is O=C(NC(=S)Nc1cc(C(F)(F)F)ccc1N1CCCC1)c1cccc(I)c1. The summed E-state index contributed by atoms with van der Waals surface area (Å²) in [7, 11) is 0. The van der Waals surface area contributed by atoms with Crippen LogP contribution >= 0.6 is 34.8 Å². The number of carbonyl (C=O) groups excluding carboxylic acids is 1. The largest absolute Gasteiger partial charge is 0.416 e. The molecule has 2 aromatic carbocycles. The Kier molecular flexibility index (Phi) is 6.43. The van der Waals surface area contributed by atoms with Crippen LogP contribution in [0.1, 0.15) is 28.8 Å². The average molecular weight is 519 g/mol. The normalized spacial score (nSPS) is 14.1. The first kappa shape index (κ1) is 20.8. The second kappa shape index (κ2) is 8.64. The van der Waals surface area contributed by atoms with Crippen LogP contribution in [0.15, 0.2) is 42.5 Å². The monoisotopic (exact) mass is 519 g/mol. The first-order chi connectivity index (χ1) is 13.2. The highest BCUT2D eigenvalue weighted by molar-refractivity contribution is 14.1. The first-order valence-electron chi connectivity index (χ1n) is 8.58. The summed E-state index contributed by atoms with van der Waals surface area (Å²) in [6.07, 6.45) is -2.51. The first-order valence-corrected chi connectivity index (χ1v) is 10.1. The van der Waals surface area contributed by atoms with Crippen molar-refractivity contribution in [3.8, 4) is 0 Å². The van der Waals surface area contributed by atoms with Gasteiger partial charge in [0.2, 0.25) is 0 Å². The molecule has 3 rings (SSSR count). The maximum absolute atomic E-state index is 13.1. The zero-order chi connectivity index (χ0) is 20.3. The molecule has 0 bridgehead atoms. The van der Waals surface area contributed by atoms with Crippen molar-refractivity contribution in [1.29, 1.82) is 0 Å². The van der Waals surface area contributed by atoms with E-state index in [0.29, 0.717) is 11.3 Å². The molecule has 0 radical (unpaired) electrons. The van der Waals surface area contributed by atoms with Crippen LogP contribution in [0.2, 0.25) is 0 Å². The van der Waals surface area contributed by atoms with E-state index < -0.39 is 17.6 Å². The number of nitrogens with zero attached hydrogens (tertiary/aromatic N) is 1. The van der Waals surface area contributed by atoms with E-state index in [1.54, 1.807) is 18.2 Å². The molecule has 1 fully saturated rings. The third kappa shape index (κ3) is 5.13. The van der Waals surface area contributed by atoms with Gasteiger partial charge in [-0.1, -0.05) is 6.07 Å². The summed E-state index contributed by atoms with van der Waals surface area (Å²) in [6, 6.07) is 10.5. The van der Waals surface area contributed by atoms with Crippen molar-refractivity contribution < 1.29 is 18.0 Å². The summed E-state index contributed by atoms with van der Waals surface area (Å²) in [5.41, 5.74) is 0.505. The summed E-state index contributed by atoms with van der Waals surface area (Å²) in [5, 5.41) is 5.25. The number of amides is 1. The predicted molar refractivity (Wildman–Crippen MR) is 116 cm³/mol. The third-order valence-corrected chi connectivity index (χ3v) is 5.21. The van der Waals surface area contributed by atoms with Crippen LogP contribution in [0.3, 0.4) is 0 Å². The molecular formula is C19H17F3IN3OS. The Hall–Kier alpha value is -1.88. The molecule has 0 spiro atoms. The van der Waals surface area contributed by atoms with E-state index in [2.05, 4.69) is 33.2 Å². The molecule has 0 aliphatic carbocycles. The van der Waals surface area contributed by atoms with Crippen LogP contribution < -0.4 is 15.5 Å². The Bertz CT molecular complexity index is 898. The molecule has 0 aromatic heterocycles. The molecule has 1 aliphatic heterocycles. The van der Waals surface area contributed by atoms with E-state index in [0.717, 1.165) is 41.6 Å². The molecule has 2 N–H and O–H groups in total.